The summed E-state index contributed by atoms with van der Waals surface area (Å²) in [5.41, 5.74) is 1.98. The average molecular weight is 203 g/mol. The molecule has 15 heavy (non-hydrogen) atoms. The largest absolute Gasteiger partial charge is 0.381 e. The first kappa shape index (κ1) is 9.64. The molecule has 0 amide bonds. The molecular weight excluding hydrogens is 190 g/mol. The molecule has 1 heterocycles. The van der Waals surface area contributed by atoms with E-state index in [0.717, 1.165) is 11.4 Å². The van der Waals surface area contributed by atoms with Gasteiger partial charge in [-0.1, -0.05) is 12.1 Å². The molecule has 1 N–H and O–H groups in total. The molecule has 78 valence electrons. The van der Waals surface area contributed by atoms with Crippen molar-refractivity contribution in [2.75, 3.05) is 5.32 Å². The van der Waals surface area contributed by atoms with E-state index in [1.807, 2.05) is 24.3 Å². The van der Waals surface area contributed by atoms with Crippen LogP contribution in [0.4, 0.5) is 5.69 Å². The van der Waals surface area contributed by atoms with Crippen molar-refractivity contribution in [3.63, 3.8) is 0 Å². The lowest BCUT2D eigenvalue weighted by Crippen LogP contribution is -2.12. The highest BCUT2D eigenvalue weighted by Crippen LogP contribution is 2.18. The van der Waals surface area contributed by atoms with Gasteiger partial charge in [0, 0.05) is 6.04 Å². The lowest BCUT2D eigenvalue weighted by atomic mass is 10.2. The zero-order valence-electron chi connectivity index (χ0n) is 8.75. The first-order valence-electron chi connectivity index (χ1n) is 4.86. The van der Waals surface area contributed by atoms with E-state index in [4.69, 9.17) is 0 Å². The fraction of sp³-hybridized carbons (Fsp3) is 0.300. The number of anilines is 1. The molecule has 2 aromatic rings. The Labute approximate surface area is 88.1 Å². The maximum atomic E-state index is 3.87. The van der Waals surface area contributed by atoms with Crippen molar-refractivity contribution in [1.82, 2.24) is 20.2 Å². The van der Waals surface area contributed by atoms with Crippen LogP contribution in [0.25, 0.3) is 5.69 Å². The summed E-state index contributed by atoms with van der Waals surface area (Å²) in [6.07, 6.45) is 1.58. The maximum absolute atomic E-state index is 3.87. The van der Waals surface area contributed by atoms with Crippen LogP contribution in [-0.2, 0) is 0 Å². The molecule has 0 unspecified atom stereocenters. The third-order valence-electron chi connectivity index (χ3n) is 1.94. The van der Waals surface area contributed by atoms with Crippen molar-refractivity contribution in [2.45, 2.75) is 19.9 Å². The monoisotopic (exact) mass is 203 g/mol. The number of nitrogens with one attached hydrogen (secondary N) is 1. The van der Waals surface area contributed by atoms with Crippen LogP contribution in [-0.4, -0.2) is 26.2 Å². The van der Waals surface area contributed by atoms with Crippen LogP contribution in [0.3, 0.4) is 0 Å². The number of rotatable bonds is 3. The first-order valence-corrected chi connectivity index (χ1v) is 4.86. The molecule has 0 aliphatic heterocycles. The number of hydrogen-bond donors (Lipinski definition) is 1. The van der Waals surface area contributed by atoms with Gasteiger partial charge in [0.05, 0.1) is 11.4 Å². The number of benzene rings is 1. The second-order valence-electron chi connectivity index (χ2n) is 3.57. The van der Waals surface area contributed by atoms with Crippen molar-refractivity contribution in [3.8, 4) is 5.69 Å². The van der Waals surface area contributed by atoms with Crippen molar-refractivity contribution >= 4 is 5.69 Å². The van der Waals surface area contributed by atoms with E-state index < -0.39 is 0 Å². The molecule has 2 rings (SSSR count). The van der Waals surface area contributed by atoms with Gasteiger partial charge in [0.25, 0.3) is 0 Å². The summed E-state index contributed by atoms with van der Waals surface area (Å²) in [5.74, 6) is 0. The van der Waals surface area contributed by atoms with E-state index in [-0.39, 0.29) is 0 Å². The zero-order valence-corrected chi connectivity index (χ0v) is 8.75. The van der Waals surface area contributed by atoms with Crippen LogP contribution in [0.1, 0.15) is 13.8 Å². The number of aromatic nitrogens is 4. The second kappa shape index (κ2) is 4.08. The Balaban J connectivity index is 2.38. The van der Waals surface area contributed by atoms with Gasteiger partial charge in [-0.25, -0.2) is 0 Å². The van der Waals surface area contributed by atoms with Crippen molar-refractivity contribution in [2.24, 2.45) is 0 Å². The van der Waals surface area contributed by atoms with Gasteiger partial charge < -0.3 is 5.32 Å². The minimum Gasteiger partial charge on any atom is -0.381 e. The summed E-state index contributed by atoms with van der Waals surface area (Å²) in [6.45, 7) is 4.19. The van der Waals surface area contributed by atoms with Crippen molar-refractivity contribution in [3.05, 3.63) is 30.6 Å². The van der Waals surface area contributed by atoms with Gasteiger partial charge in [0.15, 0.2) is 0 Å². The van der Waals surface area contributed by atoms with Gasteiger partial charge in [-0.3, -0.25) is 0 Å². The summed E-state index contributed by atoms with van der Waals surface area (Å²) in [4.78, 5) is 0. The predicted octanol–water partition coefficient (Wildman–Crippen LogP) is 1.48. The quantitative estimate of drug-likeness (QED) is 0.821. The molecule has 0 aliphatic carbocycles. The summed E-state index contributed by atoms with van der Waals surface area (Å²) >= 11 is 0. The standard InChI is InChI=1S/C10H13N5/c1-8(2)12-9-5-3-4-6-10(9)15-7-11-13-14-15/h3-8,12H,1-2H3. The average Bonchev–Trinajstić information content (AvgIpc) is 2.70. The third-order valence-corrected chi connectivity index (χ3v) is 1.94. The molecule has 1 aromatic carbocycles. The van der Waals surface area contributed by atoms with Crippen molar-refractivity contribution < 1.29 is 0 Å². The molecule has 0 fully saturated rings. The van der Waals surface area contributed by atoms with E-state index in [0.29, 0.717) is 6.04 Å². The molecular formula is C10H13N5. The Bertz CT molecular complexity index is 421. The summed E-state index contributed by atoms with van der Waals surface area (Å²) < 4.78 is 1.64. The number of tetrazole rings is 1. The molecule has 0 saturated heterocycles. The number of para-hydroxylation sites is 2. The predicted molar refractivity (Wildman–Crippen MR) is 57.9 cm³/mol. The van der Waals surface area contributed by atoms with Crippen LogP contribution in [0, 0.1) is 0 Å². The Hall–Kier alpha value is -1.91. The highest BCUT2D eigenvalue weighted by atomic mass is 15.5. The lowest BCUT2D eigenvalue weighted by molar-refractivity contribution is 0.786. The fourth-order valence-corrected chi connectivity index (χ4v) is 1.38. The number of nitrogens with zero attached hydrogens (tertiary/aromatic N) is 4. The van der Waals surface area contributed by atoms with Crippen LogP contribution in [0.5, 0.6) is 0 Å². The fourth-order valence-electron chi connectivity index (χ4n) is 1.38. The molecule has 1 aromatic heterocycles. The molecule has 0 radical (unpaired) electrons. The Morgan fingerprint density at radius 1 is 1.27 bits per heavy atom. The molecule has 0 atom stereocenters. The van der Waals surface area contributed by atoms with Crippen LogP contribution < -0.4 is 5.32 Å². The minimum atomic E-state index is 0.377. The van der Waals surface area contributed by atoms with E-state index in [9.17, 15) is 0 Å². The van der Waals surface area contributed by atoms with Gasteiger partial charge in [-0.05, 0) is 36.4 Å². The van der Waals surface area contributed by atoms with Gasteiger partial charge in [-0.2, -0.15) is 4.68 Å². The van der Waals surface area contributed by atoms with Crippen LogP contribution >= 0.6 is 0 Å². The highest BCUT2D eigenvalue weighted by molar-refractivity contribution is 5.60. The summed E-state index contributed by atoms with van der Waals surface area (Å²) in [6, 6.07) is 8.31. The van der Waals surface area contributed by atoms with E-state index in [1.165, 1.54) is 0 Å². The maximum Gasteiger partial charge on any atom is 0.143 e. The molecule has 0 spiro atoms. The molecule has 0 bridgehead atoms. The Kier molecular flexibility index (Phi) is 2.62. The topological polar surface area (TPSA) is 55.6 Å². The van der Waals surface area contributed by atoms with Crippen LogP contribution in [0.15, 0.2) is 30.6 Å². The summed E-state index contributed by atoms with van der Waals surface area (Å²) in [7, 11) is 0. The van der Waals surface area contributed by atoms with Gasteiger partial charge in [0.1, 0.15) is 6.33 Å². The van der Waals surface area contributed by atoms with E-state index in [2.05, 4.69) is 34.7 Å². The Morgan fingerprint density at radius 3 is 2.73 bits per heavy atom. The number of hydrogen-bond acceptors (Lipinski definition) is 4. The van der Waals surface area contributed by atoms with Gasteiger partial charge in [0.2, 0.25) is 0 Å². The van der Waals surface area contributed by atoms with Gasteiger partial charge in [-0.15, -0.1) is 5.10 Å². The molecule has 0 saturated carbocycles. The highest BCUT2D eigenvalue weighted by Gasteiger charge is 2.05. The van der Waals surface area contributed by atoms with Crippen LogP contribution in [0.2, 0.25) is 0 Å². The SMILES string of the molecule is CC(C)Nc1ccccc1-n1cnnn1. The minimum absolute atomic E-state index is 0.377. The normalized spacial score (nSPS) is 10.6. The van der Waals surface area contributed by atoms with Gasteiger partial charge >= 0.3 is 0 Å². The Morgan fingerprint density at radius 2 is 2.07 bits per heavy atom. The molecule has 5 nitrogen and oxygen atoms in total. The lowest BCUT2D eigenvalue weighted by Gasteiger charge is -2.13. The molecule has 0 aliphatic rings. The zero-order chi connectivity index (χ0) is 10.7. The molecule has 5 heteroatoms. The smallest absolute Gasteiger partial charge is 0.143 e. The second-order valence-corrected chi connectivity index (χ2v) is 3.57. The third kappa shape index (κ3) is 2.12. The first-order chi connectivity index (χ1) is 7.27. The van der Waals surface area contributed by atoms with Crippen molar-refractivity contribution in [1.29, 1.82) is 0 Å². The van der Waals surface area contributed by atoms with E-state index in [1.54, 1.807) is 11.0 Å². The van der Waals surface area contributed by atoms with E-state index >= 15 is 0 Å². The summed E-state index contributed by atoms with van der Waals surface area (Å²) in [5, 5.41) is 14.5.